The van der Waals surface area contributed by atoms with Crippen molar-refractivity contribution in [2.45, 2.75) is 38.3 Å². The van der Waals surface area contributed by atoms with Crippen molar-refractivity contribution in [2.24, 2.45) is 0 Å². The topological polar surface area (TPSA) is 111 Å². The van der Waals surface area contributed by atoms with E-state index in [9.17, 15) is 14.4 Å². The van der Waals surface area contributed by atoms with Crippen LogP contribution in [-0.4, -0.2) is 42.6 Å². The van der Waals surface area contributed by atoms with Crippen LogP contribution in [0.1, 0.15) is 41.6 Å². The summed E-state index contributed by atoms with van der Waals surface area (Å²) in [5.41, 5.74) is 11.2. The largest absolute Gasteiger partial charge is 0.466 e. The molecule has 0 unspecified atom stereocenters. The van der Waals surface area contributed by atoms with Crippen LogP contribution in [0.25, 0.3) is 11.1 Å². The SMILES string of the molecule is CCOC(=O)CCc1c(F)cccc1NC(=O)[C@H](Cc1ccc(N)cc1)N(C(=O)OC)C1c2ccccc2-c2ccccc21. The Bertz CT molecular complexity index is 1630. The molecule has 0 saturated heterocycles. The Balaban J connectivity index is 1.57. The van der Waals surface area contributed by atoms with Gasteiger partial charge in [0.1, 0.15) is 11.9 Å². The number of nitrogen functional groups attached to an aromatic ring is 1. The summed E-state index contributed by atoms with van der Waals surface area (Å²) in [5.74, 6) is -1.58. The zero-order valence-electron chi connectivity index (χ0n) is 24.6. The van der Waals surface area contributed by atoms with Crippen LogP contribution in [0.4, 0.5) is 20.6 Å². The number of rotatable bonds is 10. The Labute approximate surface area is 255 Å². The smallest absolute Gasteiger partial charge is 0.410 e. The summed E-state index contributed by atoms with van der Waals surface area (Å²) >= 11 is 0. The van der Waals surface area contributed by atoms with Crippen LogP contribution in [0, 0.1) is 5.82 Å². The Morgan fingerprint density at radius 3 is 2.16 bits per heavy atom. The van der Waals surface area contributed by atoms with E-state index in [2.05, 4.69) is 5.32 Å². The van der Waals surface area contributed by atoms with Gasteiger partial charge in [0.2, 0.25) is 5.91 Å². The maximum Gasteiger partial charge on any atom is 0.410 e. The molecule has 1 atom stereocenters. The average Bonchev–Trinajstić information content (AvgIpc) is 3.35. The monoisotopic (exact) mass is 595 g/mol. The van der Waals surface area contributed by atoms with Gasteiger partial charge < -0.3 is 20.5 Å². The molecule has 2 amide bonds. The lowest BCUT2D eigenvalue weighted by Gasteiger charge is -2.35. The van der Waals surface area contributed by atoms with Crippen LogP contribution >= 0.6 is 0 Å². The predicted octanol–water partition coefficient (Wildman–Crippen LogP) is 6.29. The van der Waals surface area contributed by atoms with Crippen LogP contribution in [0.2, 0.25) is 0 Å². The van der Waals surface area contributed by atoms with Gasteiger partial charge in [0, 0.05) is 29.8 Å². The summed E-state index contributed by atoms with van der Waals surface area (Å²) < 4.78 is 25.3. The molecule has 0 saturated carbocycles. The second-order valence-corrected chi connectivity index (χ2v) is 10.5. The van der Waals surface area contributed by atoms with Crippen molar-refractivity contribution >= 4 is 29.3 Å². The first-order chi connectivity index (χ1) is 21.3. The third-order valence-electron chi connectivity index (χ3n) is 7.77. The lowest BCUT2D eigenvalue weighted by Crippen LogP contribution is -2.50. The van der Waals surface area contributed by atoms with Gasteiger partial charge in [-0.15, -0.1) is 0 Å². The molecule has 4 aromatic carbocycles. The first-order valence-corrected chi connectivity index (χ1v) is 14.4. The van der Waals surface area contributed by atoms with Crippen molar-refractivity contribution in [3.63, 3.8) is 0 Å². The Morgan fingerprint density at radius 2 is 1.55 bits per heavy atom. The van der Waals surface area contributed by atoms with Crippen LogP contribution in [0.3, 0.4) is 0 Å². The first kappa shape index (κ1) is 30.3. The van der Waals surface area contributed by atoms with E-state index in [4.69, 9.17) is 15.2 Å². The summed E-state index contributed by atoms with van der Waals surface area (Å²) in [7, 11) is 1.28. The Hall–Kier alpha value is -5.18. The summed E-state index contributed by atoms with van der Waals surface area (Å²) in [4.78, 5) is 41.5. The summed E-state index contributed by atoms with van der Waals surface area (Å²) in [6.07, 6.45) is -0.612. The number of ether oxygens (including phenoxy) is 2. The minimum Gasteiger partial charge on any atom is -0.466 e. The van der Waals surface area contributed by atoms with Gasteiger partial charge in [-0.05, 0) is 65.4 Å². The lowest BCUT2D eigenvalue weighted by atomic mass is 9.97. The average molecular weight is 596 g/mol. The molecule has 9 heteroatoms. The highest BCUT2D eigenvalue weighted by molar-refractivity contribution is 5.98. The zero-order valence-corrected chi connectivity index (χ0v) is 24.6. The fourth-order valence-electron chi connectivity index (χ4n) is 5.75. The molecule has 226 valence electrons. The van der Waals surface area contributed by atoms with E-state index in [0.717, 1.165) is 27.8 Å². The van der Waals surface area contributed by atoms with Crippen molar-refractivity contribution in [1.29, 1.82) is 0 Å². The second kappa shape index (κ2) is 13.4. The standard InChI is InChI=1S/C35H34FN3O5/c1-3-44-32(40)20-19-28-29(36)13-8-14-30(28)38-34(41)31(21-22-15-17-23(37)18-16-22)39(35(42)43-2)33-26-11-6-4-9-24(26)25-10-5-7-12-27(25)33/h4-18,31,33H,3,19-21,37H2,1-2H3,(H,38,41)/t31-/m0/s1. The minimum absolute atomic E-state index is 0.0217. The number of fused-ring (bicyclic) bond motifs is 3. The molecular weight excluding hydrogens is 561 g/mol. The van der Waals surface area contributed by atoms with E-state index in [-0.39, 0.29) is 37.1 Å². The Kier molecular flexibility index (Phi) is 9.23. The molecule has 44 heavy (non-hydrogen) atoms. The van der Waals surface area contributed by atoms with Gasteiger partial charge in [0.25, 0.3) is 0 Å². The molecule has 1 aliphatic rings. The number of anilines is 2. The van der Waals surface area contributed by atoms with E-state index in [1.54, 1.807) is 37.3 Å². The second-order valence-electron chi connectivity index (χ2n) is 10.5. The number of nitrogens with zero attached hydrogens (tertiary/aromatic N) is 1. The lowest BCUT2D eigenvalue weighted by molar-refractivity contribution is -0.143. The maximum atomic E-state index is 15.0. The quantitative estimate of drug-likeness (QED) is 0.165. The highest BCUT2D eigenvalue weighted by atomic mass is 19.1. The van der Waals surface area contributed by atoms with Gasteiger partial charge in [0.15, 0.2) is 0 Å². The molecule has 8 nitrogen and oxygen atoms in total. The number of carbonyl (C=O) groups excluding carboxylic acids is 3. The van der Waals surface area contributed by atoms with E-state index < -0.39 is 35.9 Å². The number of hydrogen-bond acceptors (Lipinski definition) is 6. The summed E-state index contributed by atoms with van der Waals surface area (Å²) in [6, 6.07) is 25.2. The molecular formula is C35H34FN3O5. The maximum absolute atomic E-state index is 15.0. The number of methoxy groups -OCH3 is 1. The van der Waals surface area contributed by atoms with Crippen molar-refractivity contribution in [1.82, 2.24) is 4.90 Å². The molecule has 4 aromatic rings. The molecule has 0 radical (unpaired) electrons. The number of carbonyl (C=O) groups is 3. The number of halogens is 1. The number of nitrogens with two attached hydrogens (primary N) is 1. The van der Waals surface area contributed by atoms with E-state index >= 15 is 4.39 Å². The van der Waals surface area contributed by atoms with Crippen molar-refractivity contribution in [2.75, 3.05) is 24.8 Å². The van der Waals surface area contributed by atoms with Gasteiger partial charge >= 0.3 is 12.1 Å². The number of nitrogens with one attached hydrogen (secondary N) is 1. The van der Waals surface area contributed by atoms with Crippen molar-refractivity contribution < 1.29 is 28.2 Å². The van der Waals surface area contributed by atoms with Gasteiger partial charge in [-0.1, -0.05) is 66.7 Å². The van der Waals surface area contributed by atoms with Crippen molar-refractivity contribution in [3.8, 4) is 11.1 Å². The molecule has 0 spiro atoms. The highest BCUT2D eigenvalue weighted by Crippen LogP contribution is 2.47. The van der Waals surface area contributed by atoms with Crippen LogP contribution in [0.5, 0.6) is 0 Å². The molecule has 0 heterocycles. The minimum atomic E-state index is -1.09. The molecule has 0 aliphatic heterocycles. The molecule has 0 fully saturated rings. The third kappa shape index (κ3) is 6.27. The number of benzene rings is 4. The molecule has 5 rings (SSSR count). The fourth-order valence-corrected chi connectivity index (χ4v) is 5.75. The van der Waals surface area contributed by atoms with Crippen LogP contribution in [0.15, 0.2) is 91.0 Å². The van der Waals surface area contributed by atoms with Crippen molar-refractivity contribution in [3.05, 3.63) is 119 Å². The third-order valence-corrected chi connectivity index (χ3v) is 7.77. The fraction of sp³-hybridized carbons (Fsp3) is 0.229. The predicted molar refractivity (Wildman–Crippen MR) is 166 cm³/mol. The molecule has 0 aromatic heterocycles. The summed E-state index contributed by atoms with van der Waals surface area (Å²) in [6.45, 7) is 1.91. The van der Waals surface area contributed by atoms with E-state index in [0.29, 0.717) is 5.69 Å². The van der Waals surface area contributed by atoms with E-state index in [1.807, 2.05) is 48.5 Å². The number of amides is 2. The molecule has 1 aliphatic carbocycles. The van der Waals surface area contributed by atoms with Gasteiger partial charge in [-0.3, -0.25) is 14.5 Å². The normalized spacial score (nSPS) is 12.5. The van der Waals surface area contributed by atoms with Gasteiger partial charge in [-0.25, -0.2) is 9.18 Å². The van der Waals surface area contributed by atoms with Gasteiger partial charge in [-0.2, -0.15) is 0 Å². The van der Waals surface area contributed by atoms with Crippen LogP contribution < -0.4 is 11.1 Å². The number of hydrogen-bond donors (Lipinski definition) is 2. The number of esters is 1. The summed E-state index contributed by atoms with van der Waals surface area (Å²) in [5, 5.41) is 2.86. The molecule has 0 bridgehead atoms. The molecule has 3 N–H and O–H groups in total. The first-order valence-electron chi connectivity index (χ1n) is 14.4. The highest BCUT2D eigenvalue weighted by Gasteiger charge is 2.42. The zero-order chi connectivity index (χ0) is 31.2. The Morgan fingerprint density at radius 1 is 0.909 bits per heavy atom. The van der Waals surface area contributed by atoms with E-state index in [1.165, 1.54) is 24.1 Å². The van der Waals surface area contributed by atoms with Gasteiger partial charge in [0.05, 0.1) is 19.8 Å². The van der Waals surface area contributed by atoms with Crippen LogP contribution in [-0.2, 0) is 31.9 Å².